The second kappa shape index (κ2) is 8.95. The van der Waals surface area contributed by atoms with Crippen molar-refractivity contribution in [2.45, 2.75) is 30.6 Å². The number of thioether (sulfide) groups is 1. The lowest BCUT2D eigenvalue weighted by molar-refractivity contribution is -0.122. The number of anilines is 2. The van der Waals surface area contributed by atoms with Gasteiger partial charge in [-0.3, -0.25) is 9.59 Å². The Bertz CT molecular complexity index is 759. The molecule has 0 unspecified atom stereocenters. The molecule has 7 nitrogen and oxygen atoms in total. The van der Waals surface area contributed by atoms with E-state index < -0.39 is 0 Å². The summed E-state index contributed by atoms with van der Waals surface area (Å²) in [7, 11) is 0. The van der Waals surface area contributed by atoms with Crippen molar-refractivity contribution in [1.29, 1.82) is 0 Å². The van der Waals surface area contributed by atoms with Crippen molar-refractivity contribution in [3.05, 3.63) is 30.1 Å². The molecule has 0 aliphatic heterocycles. The van der Waals surface area contributed by atoms with Crippen molar-refractivity contribution in [1.82, 2.24) is 15.5 Å². The lowest BCUT2D eigenvalue weighted by atomic mass is 10.1. The van der Waals surface area contributed by atoms with Gasteiger partial charge in [-0.1, -0.05) is 23.1 Å². The molecule has 2 aromatic rings. The fourth-order valence-corrected chi connectivity index (χ4v) is 3.53. The van der Waals surface area contributed by atoms with Crippen molar-refractivity contribution in [3.8, 4) is 0 Å². The molecule has 0 bridgehead atoms. The largest absolute Gasteiger partial charge is 0.355 e. The molecule has 3 N–H and O–H groups in total. The topological polar surface area (TPSA) is 96.0 Å². The SMILES string of the molecule is CC(C)(C)Nc1nnc(SCC(=O)NCC(=O)Nc2ccc(F)cc2)s1. The zero-order valence-electron chi connectivity index (χ0n) is 14.6. The number of rotatable bonds is 7. The Morgan fingerprint density at radius 1 is 1.15 bits per heavy atom. The van der Waals surface area contributed by atoms with Crippen LogP contribution in [0, 0.1) is 5.82 Å². The minimum Gasteiger partial charge on any atom is -0.355 e. The van der Waals surface area contributed by atoms with Gasteiger partial charge in [0.1, 0.15) is 5.82 Å². The van der Waals surface area contributed by atoms with Gasteiger partial charge in [0.25, 0.3) is 0 Å². The predicted molar refractivity (Wildman–Crippen MR) is 102 cm³/mol. The summed E-state index contributed by atoms with van der Waals surface area (Å²) in [5.74, 6) is -0.924. The normalized spacial score (nSPS) is 11.1. The van der Waals surface area contributed by atoms with E-state index in [-0.39, 0.29) is 35.5 Å². The number of amides is 2. The summed E-state index contributed by atoms with van der Waals surface area (Å²) < 4.78 is 13.5. The average molecular weight is 398 g/mol. The van der Waals surface area contributed by atoms with Crippen molar-refractivity contribution in [3.63, 3.8) is 0 Å². The number of halogens is 1. The third-order valence-electron chi connectivity index (χ3n) is 2.79. The van der Waals surface area contributed by atoms with Crippen LogP contribution in [0.2, 0.25) is 0 Å². The van der Waals surface area contributed by atoms with E-state index in [0.717, 1.165) is 0 Å². The van der Waals surface area contributed by atoms with E-state index in [4.69, 9.17) is 0 Å². The van der Waals surface area contributed by atoms with Gasteiger partial charge in [-0.05, 0) is 45.0 Å². The first kappa shape index (κ1) is 20.1. The summed E-state index contributed by atoms with van der Waals surface area (Å²) in [6, 6.07) is 5.39. The van der Waals surface area contributed by atoms with Crippen molar-refractivity contribution >= 4 is 45.7 Å². The standard InChI is InChI=1S/C16H20FN5O2S2/c1-16(2,3)20-14-21-22-15(26-14)25-9-13(24)18-8-12(23)19-11-6-4-10(17)5-7-11/h4-7H,8-9H2,1-3H3,(H,18,24)(H,19,23)(H,20,21). The van der Waals surface area contributed by atoms with Gasteiger partial charge < -0.3 is 16.0 Å². The Balaban J connectivity index is 1.70. The number of hydrogen-bond donors (Lipinski definition) is 3. The quantitative estimate of drug-likeness (QED) is 0.622. The van der Waals surface area contributed by atoms with Gasteiger partial charge in [0.2, 0.25) is 16.9 Å². The maximum absolute atomic E-state index is 12.8. The van der Waals surface area contributed by atoms with Gasteiger partial charge in [0.05, 0.1) is 12.3 Å². The molecule has 140 valence electrons. The monoisotopic (exact) mass is 397 g/mol. The van der Waals surface area contributed by atoms with Crippen LogP contribution in [0.25, 0.3) is 0 Å². The van der Waals surface area contributed by atoms with E-state index in [2.05, 4.69) is 26.1 Å². The number of nitrogens with zero attached hydrogens (tertiary/aromatic N) is 2. The molecule has 0 saturated heterocycles. The highest BCUT2D eigenvalue weighted by Crippen LogP contribution is 2.26. The summed E-state index contributed by atoms with van der Waals surface area (Å²) in [4.78, 5) is 23.6. The Hall–Kier alpha value is -2.20. The van der Waals surface area contributed by atoms with Crippen molar-refractivity contribution < 1.29 is 14.0 Å². The van der Waals surface area contributed by atoms with E-state index in [1.165, 1.54) is 47.4 Å². The molecule has 2 amide bonds. The van der Waals surface area contributed by atoms with Crippen LogP contribution in [0.4, 0.5) is 15.2 Å². The molecular weight excluding hydrogens is 377 g/mol. The number of benzene rings is 1. The second-order valence-corrected chi connectivity index (χ2v) is 8.57. The number of nitrogens with one attached hydrogen (secondary N) is 3. The zero-order valence-corrected chi connectivity index (χ0v) is 16.3. The van der Waals surface area contributed by atoms with Gasteiger partial charge >= 0.3 is 0 Å². The summed E-state index contributed by atoms with van der Waals surface area (Å²) in [6.45, 7) is 5.90. The first-order valence-corrected chi connectivity index (χ1v) is 9.58. The Morgan fingerprint density at radius 3 is 2.50 bits per heavy atom. The van der Waals surface area contributed by atoms with Crippen LogP contribution in [0.3, 0.4) is 0 Å². The molecular formula is C16H20FN5O2S2. The highest BCUT2D eigenvalue weighted by molar-refractivity contribution is 8.01. The summed E-state index contributed by atoms with van der Waals surface area (Å²) in [5.41, 5.74) is 0.351. The molecule has 0 fully saturated rings. The summed E-state index contributed by atoms with van der Waals surface area (Å²) in [5, 5.41) is 17.0. The van der Waals surface area contributed by atoms with Crippen LogP contribution in [0.1, 0.15) is 20.8 Å². The third-order valence-corrected chi connectivity index (χ3v) is 4.76. The number of hydrogen-bond acceptors (Lipinski definition) is 7. The molecule has 2 rings (SSSR count). The molecule has 26 heavy (non-hydrogen) atoms. The van der Waals surface area contributed by atoms with Gasteiger partial charge in [-0.15, -0.1) is 10.2 Å². The van der Waals surface area contributed by atoms with Crippen molar-refractivity contribution in [2.24, 2.45) is 0 Å². The predicted octanol–water partition coefficient (Wildman–Crippen LogP) is 2.73. The highest BCUT2D eigenvalue weighted by Gasteiger charge is 2.14. The number of carbonyl (C=O) groups is 2. The van der Waals surface area contributed by atoms with Gasteiger partial charge in [0.15, 0.2) is 4.34 Å². The Labute approximate surface area is 159 Å². The maximum atomic E-state index is 12.8. The molecule has 0 radical (unpaired) electrons. The second-order valence-electron chi connectivity index (χ2n) is 6.37. The average Bonchev–Trinajstić information content (AvgIpc) is 2.98. The zero-order chi connectivity index (χ0) is 19.2. The molecule has 10 heteroatoms. The van der Waals surface area contributed by atoms with Crippen LogP contribution in [0.5, 0.6) is 0 Å². The van der Waals surface area contributed by atoms with Crippen LogP contribution < -0.4 is 16.0 Å². The van der Waals surface area contributed by atoms with Crippen LogP contribution in [0.15, 0.2) is 28.6 Å². The fourth-order valence-electron chi connectivity index (χ4n) is 1.73. The van der Waals surface area contributed by atoms with Gasteiger partial charge in [-0.25, -0.2) is 4.39 Å². The first-order chi connectivity index (χ1) is 12.2. The minimum absolute atomic E-state index is 0.114. The number of aromatic nitrogens is 2. The van der Waals surface area contributed by atoms with E-state index in [9.17, 15) is 14.0 Å². The lowest BCUT2D eigenvalue weighted by Gasteiger charge is -2.18. The van der Waals surface area contributed by atoms with Crippen LogP contribution >= 0.6 is 23.1 Å². The first-order valence-electron chi connectivity index (χ1n) is 7.78. The van der Waals surface area contributed by atoms with E-state index in [1.807, 2.05) is 20.8 Å². The van der Waals surface area contributed by atoms with Crippen molar-refractivity contribution in [2.75, 3.05) is 22.9 Å². The summed E-state index contributed by atoms with van der Waals surface area (Å²) >= 11 is 2.62. The summed E-state index contributed by atoms with van der Waals surface area (Å²) in [6.07, 6.45) is 0. The molecule has 0 saturated carbocycles. The van der Waals surface area contributed by atoms with Crippen LogP contribution in [-0.2, 0) is 9.59 Å². The van der Waals surface area contributed by atoms with E-state index in [0.29, 0.717) is 15.2 Å². The highest BCUT2D eigenvalue weighted by atomic mass is 32.2. The number of carbonyl (C=O) groups excluding carboxylic acids is 2. The third kappa shape index (κ3) is 7.36. The van der Waals surface area contributed by atoms with Gasteiger partial charge in [0, 0.05) is 11.2 Å². The van der Waals surface area contributed by atoms with E-state index in [1.54, 1.807) is 0 Å². The fraction of sp³-hybridized carbons (Fsp3) is 0.375. The molecule has 0 spiro atoms. The molecule has 0 aliphatic rings. The molecule has 1 aromatic heterocycles. The Morgan fingerprint density at radius 2 is 1.85 bits per heavy atom. The smallest absolute Gasteiger partial charge is 0.243 e. The molecule has 0 aliphatic carbocycles. The molecule has 1 aromatic carbocycles. The van der Waals surface area contributed by atoms with E-state index >= 15 is 0 Å². The van der Waals surface area contributed by atoms with Gasteiger partial charge in [-0.2, -0.15) is 0 Å². The minimum atomic E-state index is -0.387. The lowest BCUT2D eigenvalue weighted by Crippen LogP contribution is -2.33. The maximum Gasteiger partial charge on any atom is 0.243 e. The molecule has 1 heterocycles. The Kier molecular flexibility index (Phi) is 6.92. The molecule has 0 atom stereocenters. The van der Waals surface area contributed by atoms with Crippen LogP contribution in [-0.4, -0.2) is 39.8 Å².